The summed E-state index contributed by atoms with van der Waals surface area (Å²) in [6.45, 7) is 0.583. The lowest BCUT2D eigenvalue weighted by molar-refractivity contribution is -0.122. The van der Waals surface area contributed by atoms with Crippen LogP contribution in [0.4, 0.5) is 14.5 Å². The molecule has 0 radical (unpaired) electrons. The summed E-state index contributed by atoms with van der Waals surface area (Å²) < 4.78 is 26.8. The lowest BCUT2D eigenvalue weighted by Crippen LogP contribution is -2.39. The molecule has 1 aliphatic rings. The largest absolute Gasteiger partial charge is 0.357 e. The fourth-order valence-electron chi connectivity index (χ4n) is 3.09. The van der Waals surface area contributed by atoms with E-state index in [1.807, 2.05) is 0 Å². The highest BCUT2D eigenvalue weighted by molar-refractivity contribution is 6.00. The Kier molecular flexibility index (Phi) is 5.67. The Morgan fingerprint density at radius 2 is 1.89 bits per heavy atom. The third kappa shape index (κ3) is 4.00. The Labute approximate surface area is 160 Å². The van der Waals surface area contributed by atoms with E-state index in [0.717, 1.165) is 18.6 Å². The minimum atomic E-state index is -1.20. The van der Waals surface area contributed by atoms with Gasteiger partial charge in [-0.15, -0.1) is 0 Å². The molecule has 3 amide bonds. The maximum Gasteiger partial charge on any atom is 0.252 e. The van der Waals surface area contributed by atoms with Crippen molar-refractivity contribution in [1.82, 2.24) is 10.6 Å². The highest BCUT2D eigenvalue weighted by atomic mass is 19.2. The lowest BCUT2D eigenvalue weighted by atomic mass is 10.0. The zero-order valence-corrected chi connectivity index (χ0v) is 15.2. The maximum atomic E-state index is 13.6. The Hall–Kier alpha value is -3.29. The van der Waals surface area contributed by atoms with E-state index in [1.54, 1.807) is 29.2 Å². The highest BCUT2D eigenvalue weighted by Crippen LogP contribution is 2.23. The highest BCUT2D eigenvalue weighted by Gasteiger charge is 2.25. The van der Waals surface area contributed by atoms with Gasteiger partial charge < -0.3 is 15.5 Å². The van der Waals surface area contributed by atoms with Gasteiger partial charge in [-0.3, -0.25) is 14.4 Å². The molecule has 1 unspecified atom stereocenters. The molecule has 0 aromatic heterocycles. The summed E-state index contributed by atoms with van der Waals surface area (Å²) in [5.41, 5.74) is 0.950. The molecule has 0 spiro atoms. The van der Waals surface area contributed by atoms with Crippen LogP contribution in [0, 0.1) is 11.6 Å². The predicted molar refractivity (Wildman–Crippen MR) is 98.7 cm³/mol. The van der Waals surface area contributed by atoms with Crippen LogP contribution in [0.2, 0.25) is 0 Å². The molecule has 146 valence electrons. The minimum absolute atomic E-state index is 0.0115. The van der Waals surface area contributed by atoms with Crippen molar-refractivity contribution in [3.8, 4) is 0 Å². The maximum absolute atomic E-state index is 13.6. The second-order valence-corrected chi connectivity index (χ2v) is 6.39. The van der Waals surface area contributed by atoms with Gasteiger partial charge >= 0.3 is 0 Å². The SMILES string of the molecule is CNC(=O)C(NC(=O)c1cccc(N2CCCC2=O)c1)c1ccc(F)c(F)c1. The van der Waals surface area contributed by atoms with Crippen LogP contribution in [0.15, 0.2) is 42.5 Å². The minimum Gasteiger partial charge on any atom is -0.357 e. The predicted octanol–water partition coefficient (Wildman–Crippen LogP) is 2.31. The third-order valence-corrected chi connectivity index (χ3v) is 4.55. The molecule has 2 aromatic rings. The number of nitrogens with zero attached hydrogens (tertiary/aromatic N) is 1. The zero-order chi connectivity index (χ0) is 20.3. The van der Waals surface area contributed by atoms with E-state index in [-0.39, 0.29) is 17.0 Å². The Morgan fingerprint density at radius 3 is 2.54 bits per heavy atom. The third-order valence-electron chi connectivity index (χ3n) is 4.55. The molecular formula is C20H19F2N3O3. The van der Waals surface area contributed by atoms with Crippen molar-refractivity contribution >= 4 is 23.4 Å². The van der Waals surface area contributed by atoms with Crippen molar-refractivity contribution in [1.29, 1.82) is 0 Å². The van der Waals surface area contributed by atoms with Crippen molar-refractivity contribution < 1.29 is 23.2 Å². The van der Waals surface area contributed by atoms with E-state index in [2.05, 4.69) is 10.6 Å². The second-order valence-electron chi connectivity index (χ2n) is 6.39. The average Bonchev–Trinajstić information content (AvgIpc) is 3.13. The fourth-order valence-corrected chi connectivity index (χ4v) is 3.09. The van der Waals surface area contributed by atoms with Crippen LogP contribution >= 0.6 is 0 Å². The van der Waals surface area contributed by atoms with Crippen molar-refractivity contribution in [2.75, 3.05) is 18.5 Å². The van der Waals surface area contributed by atoms with Crippen LogP contribution in [-0.2, 0) is 9.59 Å². The number of hydrogen-bond donors (Lipinski definition) is 2. The van der Waals surface area contributed by atoms with Gasteiger partial charge in [-0.1, -0.05) is 12.1 Å². The fraction of sp³-hybridized carbons (Fsp3) is 0.250. The molecule has 1 atom stereocenters. The van der Waals surface area contributed by atoms with Crippen LogP contribution in [0.25, 0.3) is 0 Å². The molecule has 28 heavy (non-hydrogen) atoms. The number of hydrogen-bond acceptors (Lipinski definition) is 3. The number of nitrogens with one attached hydrogen (secondary N) is 2. The molecule has 1 saturated heterocycles. The summed E-state index contributed by atoms with van der Waals surface area (Å²) in [5, 5.41) is 4.93. The van der Waals surface area contributed by atoms with Crippen molar-refractivity contribution in [3.05, 3.63) is 65.2 Å². The van der Waals surface area contributed by atoms with Crippen LogP contribution in [-0.4, -0.2) is 31.3 Å². The number of likely N-dealkylation sites (N-methyl/N-ethyl adjacent to an activating group) is 1. The van der Waals surface area contributed by atoms with Gasteiger partial charge in [0, 0.05) is 31.3 Å². The van der Waals surface area contributed by atoms with Gasteiger partial charge in [0.1, 0.15) is 6.04 Å². The van der Waals surface area contributed by atoms with Gasteiger partial charge in [0.15, 0.2) is 11.6 Å². The number of carbonyl (C=O) groups is 3. The molecule has 2 N–H and O–H groups in total. The van der Waals surface area contributed by atoms with E-state index >= 15 is 0 Å². The van der Waals surface area contributed by atoms with Gasteiger partial charge in [-0.25, -0.2) is 8.78 Å². The second kappa shape index (κ2) is 8.16. The smallest absolute Gasteiger partial charge is 0.252 e. The molecule has 1 heterocycles. The number of rotatable bonds is 5. The molecule has 3 rings (SSSR count). The summed E-state index contributed by atoms with van der Waals surface area (Å²) in [6.07, 6.45) is 1.22. The Morgan fingerprint density at radius 1 is 1.11 bits per heavy atom. The van der Waals surface area contributed by atoms with Gasteiger partial charge in [0.25, 0.3) is 5.91 Å². The first-order valence-corrected chi connectivity index (χ1v) is 8.78. The first-order chi connectivity index (χ1) is 13.4. The Bertz CT molecular complexity index is 933. The van der Waals surface area contributed by atoms with E-state index in [4.69, 9.17) is 0 Å². The van der Waals surface area contributed by atoms with Gasteiger partial charge in [-0.2, -0.15) is 0 Å². The van der Waals surface area contributed by atoms with Gasteiger partial charge in [0.2, 0.25) is 11.8 Å². The molecule has 2 aromatic carbocycles. The molecular weight excluding hydrogens is 368 g/mol. The first-order valence-electron chi connectivity index (χ1n) is 8.78. The number of amides is 3. The van der Waals surface area contributed by atoms with Crippen LogP contribution in [0.1, 0.15) is 34.8 Å². The van der Waals surface area contributed by atoms with Crippen LogP contribution in [0.5, 0.6) is 0 Å². The molecule has 8 heteroatoms. The first kappa shape index (κ1) is 19.5. The Balaban J connectivity index is 1.85. The van der Waals surface area contributed by atoms with E-state index < -0.39 is 29.5 Å². The normalized spacial score (nSPS) is 14.7. The molecule has 0 bridgehead atoms. The summed E-state index contributed by atoms with van der Waals surface area (Å²) in [4.78, 5) is 38.4. The summed E-state index contributed by atoms with van der Waals surface area (Å²) in [7, 11) is 1.38. The van der Waals surface area contributed by atoms with Crippen molar-refractivity contribution in [3.63, 3.8) is 0 Å². The summed E-state index contributed by atoms with van der Waals surface area (Å²) in [6, 6.07) is 8.27. The molecule has 1 aliphatic heterocycles. The number of halogens is 2. The van der Waals surface area contributed by atoms with Crippen molar-refractivity contribution in [2.24, 2.45) is 0 Å². The molecule has 0 aliphatic carbocycles. The van der Waals surface area contributed by atoms with Crippen LogP contribution in [0.3, 0.4) is 0 Å². The lowest BCUT2D eigenvalue weighted by Gasteiger charge is -2.19. The number of benzene rings is 2. The zero-order valence-electron chi connectivity index (χ0n) is 15.2. The van der Waals surface area contributed by atoms with Gasteiger partial charge in [0.05, 0.1) is 0 Å². The quantitative estimate of drug-likeness (QED) is 0.827. The number of carbonyl (C=O) groups excluding carboxylic acids is 3. The van der Waals surface area contributed by atoms with Gasteiger partial charge in [-0.05, 0) is 42.3 Å². The molecule has 6 nitrogen and oxygen atoms in total. The number of anilines is 1. The standard InChI is InChI=1S/C20H19F2N3O3/c1-23-20(28)18(12-7-8-15(21)16(22)11-12)24-19(27)13-4-2-5-14(10-13)25-9-3-6-17(25)26/h2,4-5,7-8,10-11,18H,3,6,9H2,1H3,(H,23,28)(H,24,27). The topological polar surface area (TPSA) is 78.5 Å². The molecule has 1 fully saturated rings. The monoisotopic (exact) mass is 387 g/mol. The summed E-state index contributed by atoms with van der Waals surface area (Å²) in [5.74, 6) is -3.33. The summed E-state index contributed by atoms with van der Waals surface area (Å²) >= 11 is 0. The van der Waals surface area contributed by atoms with Crippen LogP contribution < -0.4 is 15.5 Å². The van der Waals surface area contributed by atoms with Crippen molar-refractivity contribution in [2.45, 2.75) is 18.9 Å². The van der Waals surface area contributed by atoms with E-state index in [0.29, 0.717) is 18.7 Å². The molecule has 0 saturated carbocycles. The average molecular weight is 387 g/mol. The van der Waals surface area contributed by atoms with E-state index in [9.17, 15) is 23.2 Å². The van der Waals surface area contributed by atoms with E-state index in [1.165, 1.54) is 13.1 Å².